The molecule has 0 aliphatic heterocycles. The summed E-state index contributed by atoms with van der Waals surface area (Å²) >= 11 is 0. The number of hydrogen-bond donors (Lipinski definition) is 2. The summed E-state index contributed by atoms with van der Waals surface area (Å²) in [5.74, 6) is 1.43. The molecule has 164 valence electrons. The normalized spacial score (nSPS) is 12.3. The predicted octanol–water partition coefficient (Wildman–Crippen LogP) is 5.71. The average Bonchev–Trinajstić information content (AvgIpc) is 3.08. The highest BCUT2D eigenvalue weighted by Crippen LogP contribution is 2.23. The van der Waals surface area contributed by atoms with Crippen molar-refractivity contribution in [2.75, 3.05) is 0 Å². The molecule has 0 saturated heterocycles. The van der Waals surface area contributed by atoms with E-state index in [0.717, 1.165) is 28.0 Å². The van der Waals surface area contributed by atoms with Crippen LogP contribution < -0.4 is 5.32 Å². The lowest BCUT2D eigenvalue weighted by atomic mass is 9.98. The molecule has 1 aromatic heterocycles. The molecule has 3 aromatic carbocycles. The van der Waals surface area contributed by atoms with Crippen LogP contribution in [0.4, 0.5) is 0 Å². The molecule has 2 N–H and O–H groups in total. The summed E-state index contributed by atoms with van der Waals surface area (Å²) in [6.45, 7) is 8.89. The number of carbonyl (C=O) groups excluding carboxylic acids is 1. The quantitative estimate of drug-likeness (QED) is 0.414. The third-order valence-corrected chi connectivity index (χ3v) is 5.88. The third-order valence-electron chi connectivity index (χ3n) is 5.88. The van der Waals surface area contributed by atoms with Gasteiger partial charge in [0.2, 0.25) is 0 Å². The number of fused-ring (bicyclic) bond motifs is 1. The zero-order chi connectivity index (χ0) is 22.8. The number of nitrogens with one attached hydrogen (secondary N) is 1. The topological polar surface area (TPSA) is 67.2 Å². The Bertz CT molecular complexity index is 1270. The third kappa shape index (κ3) is 4.52. The molecule has 0 fully saturated rings. The van der Waals surface area contributed by atoms with Gasteiger partial charge in [-0.3, -0.25) is 4.79 Å². The van der Waals surface area contributed by atoms with Gasteiger partial charge in [-0.25, -0.2) is 4.98 Å². The van der Waals surface area contributed by atoms with Crippen LogP contribution in [0.3, 0.4) is 0 Å². The van der Waals surface area contributed by atoms with Crippen LogP contribution in [0.5, 0.6) is 5.75 Å². The Hall–Kier alpha value is -3.60. The number of phenolic OH excluding ortho intramolecular Hbond substituents is 1. The number of phenols is 1. The number of aromatic nitrogens is 2. The van der Waals surface area contributed by atoms with Crippen molar-refractivity contribution in [3.05, 3.63) is 94.8 Å². The van der Waals surface area contributed by atoms with E-state index in [9.17, 15) is 9.90 Å². The second-order valence-corrected chi connectivity index (χ2v) is 8.64. The molecule has 5 heteroatoms. The van der Waals surface area contributed by atoms with Gasteiger partial charge in [-0.2, -0.15) is 0 Å². The van der Waals surface area contributed by atoms with Gasteiger partial charge < -0.3 is 15.0 Å². The van der Waals surface area contributed by atoms with E-state index >= 15 is 0 Å². The Kier molecular flexibility index (Phi) is 5.99. The monoisotopic (exact) mass is 427 g/mol. The van der Waals surface area contributed by atoms with Crippen LogP contribution in [0.15, 0.2) is 66.7 Å². The molecule has 1 heterocycles. The summed E-state index contributed by atoms with van der Waals surface area (Å²) < 4.78 is 2.09. The van der Waals surface area contributed by atoms with Crippen LogP contribution in [0.1, 0.15) is 65.6 Å². The van der Waals surface area contributed by atoms with E-state index in [4.69, 9.17) is 0 Å². The second kappa shape index (κ2) is 8.87. The molecule has 0 aliphatic rings. The van der Waals surface area contributed by atoms with Crippen molar-refractivity contribution in [1.82, 2.24) is 14.9 Å². The standard InChI is InChI=1S/C27H29N3O2/c1-17(2)21-8-6-9-22(14-21)18(3)28-27(32)23-11-12-26-25(15-23)29-19(4)30(26)16-20-7-5-10-24(31)13-20/h5-15,17-18,31H,16H2,1-4H3,(H,28,32). The molecular formula is C27H29N3O2. The minimum absolute atomic E-state index is 0.0954. The van der Waals surface area contributed by atoms with Gasteiger partial charge in [0.05, 0.1) is 17.1 Å². The van der Waals surface area contributed by atoms with Crippen LogP contribution in [-0.2, 0) is 6.54 Å². The van der Waals surface area contributed by atoms with Gasteiger partial charge in [-0.1, -0.05) is 50.2 Å². The molecule has 4 aromatic rings. The van der Waals surface area contributed by atoms with Gasteiger partial charge in [0.25, 0.3) is 5.91 Å². The maximum Gasteiger partial charge on any atom is 0.251 e. The highest BCUT2D eigenvalue weighted by molar-refractivity contribution is 5.97. The fourth-order valence-electron chi connectivity index (χ4n) is 3.98. The van der Waals surface area contributed by atoms with Crippen molar-refractivity contribution >= 4 is 16.9 Å². The maximum atomic E-state index is 12.9. The highest BCUT2D eigenvalue weighted by Gasteiger charge is 2.15. The van der Waals surface area contributed by atoms with E-state index in [0.29, 0.717) is 18.0 Å². The molecule has 4 rings (SSSR count). The Morgan fingerprint density at radius 1 is 1.00 bits per heavy atom. The summed E-state index contributed by atoms with van der Waals surface area (Å²) in [6, 6.07) is 21.1. The van der Waals surface area contributed by atoms with E-state index in [1.165, 1.54) is 5.56 Å². The smallest absolute Gasteiger partial charge is 0.251 e. The largest absolute Gasteiger partial charge is 0.508 e. The highest BCUT2D eigenvalue weighted by atomic mass is 16.3. The minimum atomic E-state index is -0.116. The molecule has 0 spiro atoms. The van der Waals surface area contributed by atoms with Gasteiger partial charge in [-0.15, -0.1) is 0 Å². The Balaban J connectivity index is 1.55. The average molecular weight is 428 g/mol. The number of imidazole rings is 1. The maximum absolute atomic E-state index is 12.9. The van der Waals surface area contributed by atoms with Crippen LogP contribution in [0.2, 0.25) is 0 Å². The number of aromatic hydroxyl groups is 1. The minimum Gasteiger partial charge on any atom is -0.508 e. The van der Waals surface area contributed by atoms with Gasteiger partial charge in [0.15, 0.2) is 0 Å². The van der Waals surface area contributed by atoms with Crippen LogP contribution in [0.25, 0.3) is 11.0 Å². The molecule has 5 nitrogen and oxygen atoms in total. The van der Waals surface area contributed by atoms with Crippen LogP contribution >= 0.6 is 0 Å². The van der Waals surface area contributed by atoms with Crippen molar-refractivity contribution in [2.45, 2.75) is 46.2 Å². The first-order valence-electron chi connectivity index (χ1n) is 11.0. The molecule has 0 aliphatic carbocycles. The van der Waals surface area contributed by atoms with E-state index in [2.05, 4.69) is 40.8 Å². The predicted molar refractivity (Wildman–Crippen MR) is 128 cm³/mol. The van der Waals surface area contributed by atoms with Crippen molar-refractivity contribution in [1.29, 1.82) is 0 Å². The summed E-state index contributed by atoms with van der Waals surface area (Å²) in [7, 11) is 0. The lowest BCUT2D eigenvalue weighted by Gasteiger charge is -2.16. The fourth-order valence-corrected chi connectivity index (χ4v) is 3.98. The zero-order valence-electron chi connectivity index (χ0n) is 19.0. The van der Waals surface area contributed by atoms with Gasteiger partial charge in [0, 0.05) is 12.1 Å². The van der Waals surface area contributed by atoms with E-state index in [-0.39, 0.29) is 17.7 Å². The first-order valence-corrected chi connectivity index (χ1v) is 11.0. The zero-order valence-corrected chi connectivity index (χ0v) is 19.0. The number of carbonyl (C=O) groups is 1. The molecule has 0 bridgehead atoms. The molecule has 32 heavy (non-hydrogen) atoms. The molecule has 0 saturated carbocycles. The van der Waals surface area contributed by atoms with Crippen molar-refractivity contribution in [2.24, 2.45) is 0 Å². The van der Waals surface area contributed by atoms with E-state index in [1.807, 2.05) is 56.3 Å². The molecule has 1 amide bonds. The Labute approximate surface area is 188 Å². The lowest BCUT2D eigenvalue weighted by Crippen LogP contribution is -2.26. The number of nitrogens with zero attached hydrogens (tertiary/aromatic N) is 2. The number of benzene rings is 3. The number of hydrogen-bond acceptors (Lipinski definition) is 3. The Morgan fingerprint density at radius 3 is 2.50 bits per heavy atom. The number of aryl methyl sites for hydroxylation is 1. The molecule has 1 atom stereocenters. The number of amides is 1. The molecule has 0 radical (unpaired) electrons. The van der Waals surface area contributed by atoms with Gasteiger partial charge in [-0.05, 0) is 66.8 Å². The lowest BCUT2D eigenvalue weighted by molar-refractivity contribution is 0.0940. The van der Waals surface area contributed by atoms with Crippen LogP contribution in [0, 0.1) is 6.92 Å². The molecule has 1 unspecified atom stereocenters. The first-order chi connectivity index (χ1) is 15.3. The van der Waals surface area contributed by atoms with Gasteiger partial charge >= 0.3 is 0 Å². The summed E-state index contributed by atoms with van der Waals surface area (Å²) in [6.07, 6.45) is 0. The van der Waals surface area contributed by atoms with Crippen LogP contribution in [-0.4, -0.2) is 20.6 Å². The van der Waals surface area contributed by atoms with E-state index < -0.39 is 0 Å². The van der Waals surface area contributed by atoms with Gasteiger partial charge in [0.1, 0.15) is 11.6 Å². The number of rotatable bonds is 6. The SMILES string of the molecule is Cc1nc2cc(C(=O)NC(C)c3cccc(C(C)C)c3)ccc2n1Cc1cccc(O)c1. The van der Waals surface area contributed by atoms with Crippen molar-refractivity contribution in [3.63, 3.8) is 0 Å². The second-order valence-electron chi connectivity index (χ2n) is 8.64. The summed E-state index contributed by atoms with van der Waals surface area (Å²) in [5.41, 5.74) is 5.68. The summed E-state index contributed by atoms with van der Waals surface area (Å²) in [4.78, 5) is 17.6. The molecular weight excluding hydrogens is 398 g/mol. The summed E-state index contributed by atoms with van der Waals surface area (Å²) in [5, 5.41) is 12.9. The first kappa shape index (κ1) is 21.6. The van der Waals surface area contributed by atoms with Crippen molar-refractivity contribution in [3.8, 4) is 5.75 Å². The fraction of sp³-hybridized carbons (Fsp3) is 0.259. The Morgan fingerprint density at radius 2 is 1.75 bits per heavy atom. The van der Waals surface area contributed by atoms with Crippen molar-refractivity contribution < 1.29 is 9.90 Å². The van der Waals surface area contributed by atoms with E-state index in [1.54, 1.807) is 12.1 Å².